The van der Waals surface area contributed by atoms with E-state index in [9.17, 15) is 5.11 Å². The van der Waals surface area contributed by atoms with Crippen LogP contribution >= 0.6 is 406 Å². The van der Waals surface area contributed by atoms with E-state index in [4.69, 9.17) is 406 Å². The molecule has 36 heteroatoms. The first-order valence-electron chi connectivity index (χ1n) is 10.8. The first-order chi connectivity index (χ1) is 22.0. The normalized spacial score (nSPS) is 17.4. The molecule has 0 aromatic rings. The van der Waals surface area contributed by atoms with E-state index < -0.39 is 73.3 Å². The highest BCUT2D eigenvalue weighted by molar-refractivity contribution is 6.86. The van der Waals surface area contributed by atoms with Crippen molar-refractivity contribution in [3.8, 4) is 0 Å². The summed E-state index contributed by atoms with van der Waals surface area (Å²) < 4.78 is -58.9. The lowest BCUT2D eigenvalue weighted by atomic mass is 9.96. The molecule has 1 N–H and O–H groups in total. The summed E-state index contributed by atoms with van der Waals surface area (Å²) in [6.07, 6.45) is 0. The second kappa shape index (κ2) is 18.5. The van der Waals surface area contributed by atoms with E-state index >= 15 is 0 Å². The maximum atomic E-state index is 10.1. The Bertz CT molecular complexity index is 1240. The largest absolute Gasteiger partial charge is 0.360 e. The highest BCUT2D eigenvalue weighted by Gasteiger charge is 2.88. The van der Waals surface area contributed by atoms with E-state index in [1.807, 2.05) is 0 Å². The predicted octanol–water partition coefficient (Wildman–Crippen LogP) is 20.1. The molecular weight excluding hydrogens is 1460 g/mol. The lowest BCUT2D eigenvalue weighted by molar-refractivity contribution is 0.181. The standard InChI is InChI=1S/C17HCl35O/c18-1(19,2(20,21)4(24,25)6(28,29)8(32,33)10(36,37)12(40,41)14(44,45)16(48,49)50)3(22,23)5(26,27)7(30,31)9(34,35)11(38,39)13(42,43)15(46,47)17(51,52)53/h53H. The smallest absolute Gasteiger partial charge is 0.251 e. The van der Waals surface area contributed by atoms with Gasteiger partial charge in [-0.05, 0) is 0 Å². The van der Waals surface area contributed by atoms with Gasteiger partial charge in [-0.15, -0.1) is 0 Å². The highest BCUT2D eigenvalue weighted by Crippen LogP contribution is 2.78. The minimum atomic E-state index is -3.69. The van der Waals surface area contributed by atoms with Crippen molar-refractivity contribution in [3.05, 3.63) is 0 Å². The Morgan fingerprint density at radius 3 is 0.340 bits per heavy atom. The van der Waals surface area contributed by atoms with E-state index in [-0.39, 0.29) is 0 Å². The molecule has 0 fully saturated rings. The Morgan fingerprint density at radius 1 is 0.151 bits per heavy atom. The molecule has 0 bridgehead atoms. The number of hydrogen-bond acceptors (Lipinski definition) is 1. The van der Waals surface area contributed by atoms with E-state index in [1.165, 1.54) is 0 Å². The molecular formula is C17HCl35O. The first kappa shape index (κ1) is 63.1. The molecule has 0 rings (SSSR count). The maximum Gasteiger partial charge on any atom is 0.251 e. The van der Waals surface area contributed by atoms with Crippen molar-refractivity contribution in [3.63, 3.8) is 0 Å². The Balaban J connectivity index is 7.78. The number of alkyl halides is 35. The van der Waals surface area contributed by atoms with Crippen molar-refractivity contribution in [2.45, 2.75) is 73.3 Å². The van der Waals surface area contributed by atoms with Gasteiger partial charge in [-0.3, -0.25) is 0 Å². The van der Waals surface area contributed by atoms with Crippen LogP contribution in [0.5, 0.6) is 0 Å². The van der Waals surface area contributed by atoms with Crippen molar-refractivity contribution < 1.29 is 5.11 Å². The molecule has 0 saturated heterocycles. The molecule has 0 aliphatic rings. The van der Waals surface area contributed by atoms with Crippen LogP contribution in [0.4, 0.5) is 0 Å². The second-order valence-corrected chi connectivity index (χ2v) is 33.1. The molecule has 0 aromatic heterocycles. The number of aliphatic hydroxyl groups is 1. The van der Waals surface area contributed by atoms with Gasteiger partial charge in [-0.1, -0.05) is 406 Å². The third-order valence-corrected chi connectivity index (χ3v) is 31.0. The molecule has 0 saturated carbocycles. The maximum absolute atomic E-state index is 10.1. The number of halogens is 35. The zero-order chi connectivity index (χ0) is 44.5. The average Bonchev–Trinajstić information content (AvgIpc) is 2.89. The van der Waals surface area contributed by atoms with Gasteiger partial charge in [0.05, 0.1) is 0 Å². The van der Waals surface area contributed by atoms with E-state index in [1.54, 1.807) is 0 Å². The van der Waals surface area contributed by atoms with Crippen molar-refractivity contribution in [2.75, 3.05) is 0 Å². The predicted molar refractivity (Wildman–Crippen MR) is 254 cm³/mol. The molecule has 0 heterocycles. The quantitative estimate of drug-likeness (QED) is 0.162. The zero-order valence-electron chi connectivity index (χ0n) is 22.2. The van der Waals surface area contributed by atoms with Crippen LogP contribution in [-0.4, -0.2) is 78.4 Å². The lowest BCUT2D eigenvalue weighted by Crippen LogP contribution is -2.76. The van der Waals surface area contributed by atoms with Crippen molar-refractivity contribution in [2.24, 2.45) is 0 Å². The van der Waals surface area contributed by atoms with Gasteiger partial charge in [-0.2, -0.15) is 0 Å². The van der Waals surface area contributed by atoms with Gasteiger partial charge in [0, 0.05) is 0 Å². The summed E-state index contributed by atoms with van der Waals surface area (Å²) in [7, 11) is 0. The Labute approximate surface area is 476 Å². The fourth-order valence-electron chi connectivity index (χ4n) is 2.93. The van der Waals surface area contributed by atoms with Gasteiger partial charge in [0.2, 0.25) is 12.5 Å². The van der Waals surface area contributed by atoms with Crippen LogP contribution in [0.15, 0.2) is 0 Å². The number of rotatable bonds is 15. The van der Waals surface area contributed by atoms with Gasteiger partial charge in [-0.25, -0.2) is 0 Å². The van der Waals surface area contributed by atoms with Crippen LogP contribution in [0.1, 0.15) is 0 Å². The van der Waals surface area contributed by atoms with Gasteiger partial charge in [0.15, 0.2) is 56.3 Å². The average molecular weight is 1460 g/mol. The number of hydrogen-bond donors (Lipinski definition) is 1. The Morgan fingerprint density at radius 2 is 0.245 bits per heavy atom. The highest BCUT2D eigenvalue weighted by atomic mass is 35.6. The summed E-state index contributed by atoms with van der Waals surface area (Å²) in [6, 6.07) is 0. The summed E-state index contributed by atoms with van der Waals surface area (Å²) in [6.45, 7) is 0. The molecule has 53 heavy (non-hydrogen) atoms. The molecule has 0 aliphatic carbocycles. The fourth-order valence-corrected chi connectivity index (χ4v) is 14.6. The summed E-state index contributed by atoms with van der Waals surface area (Å²) in [5, 5.41) is 10.1. The van der Waals surface area contributed by atoms with Crippen molar-refractivity contribution in [1.29, 1.82) is 0 Å². The van der Waals surface area contributed by atoms with Crippen molar-refractivity contribution in [1.82, 2.24) is 0 Å². The lowest BCUT2D eigenvalue weighted by Gasteiger charge is -2.58. The summed E-state index contributed by atoms with van der Waals surface area (Å²) >= 11 is 220. The molecule has 0 aromatic carbocycles. The SMILES string of the molecule is OC(Cl)(Cl)C(Cl)(Cl)C(Cl)(Cl)C(Cl)(Cl)C(Cl)(Cl)C(Cl)(Cl)C(Cl)(Cl)C(Cl)(Cl)C(Cl)(Cl)C(Cl)(Cl)C(Cl)(Cl)C(Cl)(Cl)C(Cl)(Cl)C(Cl)(Cl)C(Cl)(Cl)C(Cl)(Cl)C(Cl)(Cl)Cl. The van der Waals surface area contributed by atoms with Crippen LogP contribution in [0.25, 0.3) is 0 Å². The van der Waals surface area contributed by atoms with Crippen LogP contribution in [0.3, 0.4) is 0 Å². The van der Waals surface area contributed by atoms with Crippen LogP contribution in [-0.2, 0) is 0 Å². The van der Waals surface area contributed by atoms with E-state index in [0.29, 0.717) is 0 Å². The third kappa shape index (κ3) is 9.45. The van der Waals surface area contributed by atoms with Gasteiger partial charge in [0.25, 0.3) is 4.52 Å². The minimum absolute atomic E-state index is 2.86. The second-order valence-electron chi connectivity index (χ2n) is 9.65. The summed E-state index contributed by atoms with van der Waals surface area (Å²) in [5.74, 6) is 0. The summed E-state index contributed by atoms with van der Waals surface area (Å²) in [4.78, 5) is 0. The topological polar surface area (TPSA) is 20.2 Å². The molecule has 0 unspecified atom stereocenters. The van der Waals surface area contributed by atoms with Gasteiger partial charge in [0.1, 0.15) is 0 Å². The van der Waals surface area contributed by atoms with Gasteiger partial charge < -0.3 is 5.11 Å². The van der Waals surface area contributed by atoms with Crippen molar-refractivity contribution >= 4 is 406 Å². The Kier molecular flexibility index (Phi) is 22.0. The molecule has 0 amide bonds. The third-order valence-electron chi connectivity index (χ3n) is 6.25. The summed E-state index contributed by atoms with van der Waals surface area (Å²) in [5.41, 5.74) is 0. The monoisotopic (exact) mass is 1440 g/mol. The van der Waals surface area contributed by atoms with Gasteiger partial charge >= 0.3 is 0 Å². The Hall–Kier alpha value is 10.1. The van der Waals surface area contributed by atoms with Crippen LogP contribution < -0.4 is 0 Å². The zero-order valence-corrected chi connectivity index (χ0v) is 48.6. The molecule has 0 aliphatic heterocycles. The van der Waals surface area contributed by atoms with E-state index in [2.05, 4.69) is 0 Å². The molecule has 0 spiro atoms. The minimum Gasteiger partial charge on any atom is -0.360 e. The van der Waals surface area contributed by atoms with Crippen LogP contribution in [0.2, 0.25) is 0 Å². The molecule has 1 nitrogen and oxygen atoms in total. The fraction of sp³-hybridized carbons (Fsp3) is 1.00. The van der Waals surface area contributed by atoms with E-state index in [0.717, 1.165) is 0 Å². The molecule has 320 valence electrons. The molecule has 0 radical (unpaired) electrons. The molecule has 0 atom stereocenters. The van der Waals surface area contributed by atoms with Crippen LogP contribution in [0, 0.1) is 0 Å². The first-order valence-corrected chi connectivity index (χ1v) is 24.1.